The summed E-state index contributed by atoms with van der Waals surface area (Å²) in [7, 11) is 2.99. The van der Waals surface area contributed by atoms with Crippen molar-refractivity contribution in [2.75, 3.05) is 38.9 Å². The fraction of sp³-hybridized carbons (Fsp3) is 0.800. The van der Waals surface area contributed by atoms with Gasteiger partial charge >= 0.3 is 12.0 Å². The minimum atomic E-state index is -1.00. The van der Waals surface area contributed by atoms with Gasteiger partial charge in [0.05, 0.1) is 25.1 Å². The summed E-state index contributed by atoms with van der Waals surface area (Å²) in [5, 5.41) is 18.5. The molecule has 0 bridgehead atoms. The lowest BCUT2D eigenvalue weighted by Gasteiger charge is -2.28. The smallest absolute Gasteiger partial charge is 0.327 e. The van der Waals surface area contributed by atoms with Crippen LogP contribution in [-0.2, 0) is 9.53 Å². The average molecular weight is 278 g/mol. The van der Waals surface area contributed by atoms with Gasteiger partial charge in [-0.1, -0.05) is 0 Å². The van der Waals surface area contributed by atoms with Crippen molar-refractivity contribution in [3.8, 4) is 0 Å². The molecule has 2 amide bonds. The number of thioether (sulfide) groups is 1. The van der Waals surface area contributed by atoms with Crippen LogP contribution in [-0.4, -0.2) is 83.1 Å². The SMILES string of the molecule is COCC(O)CN(C)C(=O)N1CSC[C@H]1C(=O)O. The van der Waals surface area contributed by atoms with Gasteiger partial charge in [-0.05, 0) is 0 Å². The molecule has 0 radical (unpaired) electrons. The normalized spacial score (nSPS) is 20.8. The molecule has 1 saturated heterocycles. The fourth-order valence-electron chi connectivity index (χ4n) is 1.69. The molecule has 1 fully saturated rings. The van der Waals surface area contributed by atoms with E-state index < -0.39 is 18.1 Å². The third-order valence-electron chi connectivity index (χ3n) is 2.58. The minimum Gasteiger partial charge on any atom is -0.480 e. The molecule has 104 valence electrons. The van der Waals surface area contributed by atoms with Gasteiger partial charge < -0.3 is 24.7 Å². The number of amides is 2. The van der Waals surface area contributed by atoms with Crippen LogP contribution >= 0.6 is 11.8 Å². The summed E-state index contributed by atoms with van der Waals surface area (Å²) < 4.78 is 4.77. The highest BCUT2D eigenvalue weighted by atomic mass is 32.2. The third kappa shape index (κ3) is 3.76. The molecule has 7 nitrogen and oxygen atoms in total. The molecular formula is C10H18N2O5S. The van der Waals surface area contributed by atoms with E-state index in [1.807, 2.05) is 0 Å². The lowest BCUT2D eigenvalue weighted by molar-refractivity contribution is -0.140. The maximum atomic E-state index is 12.0. The minimum absolute atomic E-state index is 0.111. The number of nitrogens with zero attached hydrogens (tertiary/aromatic N) is 2. The summed E-state index contributed by atoms with van der Waals surface area (Å²) in [6, 6.07) is -1.17. The van der Waals surface area contributed by atoms with Crippen LogP contribution in [0.4, 0.5) is 4.79 Å². The lowest BCUT2D eigenvalue weighted by Crippen LogP contribution is -2.49. The number of aliphatic hydroxyl groups excluding tert-OH is 1. The number of urea groups is 1. The van der Waals surface area contributed by atoms with E-state index in [2.05, 4.69) is 0 Å². The van der Waals surface area contributed by atoms with E-state index in [0.717, 1.165) is 0 Å². The van der Waals surface area contributed by atoms with Crippen molar-refractivity contribution in [3.63, 3.8) is 0 Å². The van der Waals surface area contributed by atoms with Crippen molar-refractivity contribution in [2.45, 2.75) is 12.1 Å². The molecule has 0 spiro atoms. The Balaban J connectivity index is 2.55. The number of likely N-dealkylation sites (N-methyl/N-ethyl adjacent to an activating group) is 1. The fourth-order valence-corrected chi connectivity index (χ4v) is 2.83. The van der Waals surface area contributed by atoms with Gasteiger partial charge in [0.15, 0.2) is 0 Å². The molecule has 8 heteroatoms. The monoisotopic (exact) mass is 278 g/mol. The number of carbonyl (C=O) groups is 2. The summed E-state index contributed by atoms with van der Waals surface area (Å²) in [5.41, 5.74) is 0. The summed E-state index contributed by atoms with van der Waals surface area (Å²) in [4.78, 5) is 25.6. The highest BCUT2D eigenvalue weighted by Crippen LogP contribution is 2.22. The third-order valence-corrected chi connectivity index (χ3v) is 3.60. The molecule has 2 atom stereocenters. The lowest BCUT2D eigenvalue weighted by atomic mass is 10.3. The van der Waals surface area contributed by atoms with Crippen LogP contribution in [0.25, 0.3) is 0 Å². The zero-order chi connectivity index (χ0) is 13.7. The molecule has 1 aliphatic heterocycles. The zero-order valence-corrected chi connectivity index (χ0v) is 11.2. The van der Waals surface area contributed by atoms with Gasteiger partial charge in [0, 0.05) is 19.9 Å². The molecule has 0 aromatic carbocycles. The van der Waals surface area contributed by atoms with Crippen molar-refractivity contribution in [2.24, 2.45) is 0 Å². The van der Waals surface area contributed by atoms with E-state index in [1.165, 1.54) is 35.7 Å². The highest BCUT2D eigenvalue weighted by Gasteiger charge is 2.36. The van der Waals surface area contributed by atoms with E-state index in [0.29, 0.717) is 11.6 Å². The summed E-state index contributed by atoms with van der Waals surface area (Å²) in [6.07, 6.45) is -0.775. The molecule has 2 N–H and O–H groups in total. The van der Waals surface area contributed by atoms with E-state index in [9.17, 15) is 14.7 Å². The van der Waals surface area contributed by atoms with Gasteiger partial charge in [-0.15, -0.1) is 11.8 Å². The Hall–Kier alpha value is -0.990. The Labute approximate surface area is 110 Å². The number of hydrogen-bond donors (Lipinski definition) is 2. The molecule has 18 heavy (non-hydrogen) atoms. The number of aliphatic hydroxyl groups is 1. The van der Waals surface area contributed by atoms with Crippen molar-refractivity contribution in [3.05, 3.63) is 0 Å². The van der Waals surface area contributed by atoms with E-state index in [1.54, 1.807) is 0 Å². The van der Waals surface area contributed by atoms with Crippen LogP contribution in [0.5, 0.6) is 0 Å². The molecular weight excluding hydrogens is 260 g/mol. The number of carbonyl (C=O) groups excluding carboxylic acids is 1. The van der Waals surface area contributed by atoms with Gasteiger partial charge in [0.1, 0.15) is 6.04 Å². The summed E-state index contributed by atoms with van der Waals surface area (Å²) in [6.45, 7) is 0.245. The first-order valence-corrected chi connectivity index (χ1v) is 6.62. The number of methoxy groups -OCH3 is 1. The molecule has 0 aromatic rings. The topological polar surface area (TPSA) is 90.3 Å². The summed E-state index contributed by atoms with van der Waals surface area (Å²) in [5.74, 6) is -0.241. The standard InChI is InChI=1S/C10H18N2O5S/c1-11(3-7(13)4-17-2)10(16)12-6-18-5-8(12)9(14)15/h7-8,13H,3-6H2,1-2H3,(H,14,15)/t7?,8-/m0/s1. The number of carboxylic acids is 1. The van der Waals surface area contributed by atoms with E-state index in [4.69, 9.17) is 9.84 Å². The molecule has 1 unspecified atom stereocenters. The second kappa shape index (κ2) is 6.81. The van der Waals surface area contributed by atoms with Gasteiger partial charge in [-0.25, -0.2) is 9.59 Å². The Morgan fingerprint density at radius 2 is 2.28 bits per heavy atom. The Morgan fingerprint density at radius 3 is 2.83 bits per heavy atom. The van der Waals surface area contributed by atoms with Crippen molar-refractivity contribution >= 4 is 23.8 Å². The van der Waals surface area contributed by atoms with Gasteiger partial charge in [-0.3, -0.25) is 0 Å². The second-order valence-corrected chi connectivity index (χ2v) is 5.10. The van der Waals surface area contributed by atoms with Crippen molar-refractivity contribution < 1.29 is 24.5 Å². The van der Waals surface area contributed by atoms with E-state index >= 15 is 0 Å². The molecule has 1 aliphatic rings. The van der Waals surface area contributed by atoms with Crippen LogP contribution in [0.2, 0.25) is 0 Å². The number of rotatable bonds is 5. The maximum Gasteiger partial charge on any atom is 0.327 e. The predicted octanol–water partition coefficient (Wildman–Crippen LogP) is -0.495. The first-order chi connectivity index (χ1) is 8.47. The Morgan fingerprint density at radius 1 is 1.61 bits per heavy atom. The molecule has 1 rings (SSSR count). The number of aliphatic carboxylic acids is 1. The first-order valence-electron chi connectivity index (χ1n) is 5.46. The molecule has 1 heterocycles. The van der Waals surface area contributed by atoms with Crippen LogP contribution in [0.3, 0.4) is 0 Å². The van der Waals surface area contributed by atoms with Crippen molar-refractivity contribution in [1.29, 1.82) is 0 Å². The maximum absolute atomic E-state index is 12.0. The van der Waals surface area contributed by atoms with Crippen LogP contribution < -0.4 is 0 Å². The number of hydrogen-bond acceptors (Lipinski definition) is 5. The van der Waals surface area contributed by atoms with Gasteiger partial charge in [-0.2, -0.15) is 0 Å². The average Bonchev–Trinajstić information content (AvgIpc) is 2.76. The number of ether oxygens (including phenoxy) is 1. The predicted molar refractivity (Wildman–Crippen MR) is 66.5 cm³/mol. The highest BCUT2D eigenvalue weighted by molar-refractivity contribution is 7.99. The Kier molecular flexibility index (Phi) is 5.70. The number of carboxylic acid groups (broad SMARTS) is 1. The van der Waals surface area contributed by atoms with Crippen molar-refractivity contribution in [1.82, 2.24) is 9.80 Å². The second-order valence-electron chi connectivity index (χ2n) is 4.10. The van der Waals surface area contributed by atoms with E-state index in [-0.39, 0.29) is 19.2 Å². The molecule has 0 aromatic heterocycles. The van der Waals surface area contributed by atoms with Gasteiger partial charge in [0.2, 0.25) is 0 Å². The Bertz CT molecular complexity index is 315. The van der Waals surface area contributed by atoms with Crippen LogP contribution in [0.1, 0.15) is 0 Å². The molecule has 0 saturated carbocycles. The summed E-state index contributed by atoms with van der Waals surface area (Å²) >= 11 is 1.40. The zero-order valence-electron chi connectivity index (χ0n) is 10.4. The first kappa shape index (κ1) is 15.1. The van der Waals surface area contributed by atoms with Crippen LogP contribution in [0, 0.1) is 0 Å². The quantitative estimate of drug-likeness (QED) is 0.705. The largest absolute Gasteiger partial charge is 0.480 e. The van der Waals surface area contributed by atoms with Crippen LogP contribution in [0.15, 0.2) is 0 Å². The van der Waals surface area contributed by atoms with Gasteiger partial charge in [0.25, 0.3) is 0 Å². The molecule has 0 aliphatic carbocycles.